The van der Waals surface area contributed by atoms with Crippen LogP contribution >= 0.6 is 11.3 Å². The summed E-state index contributed by atoms with van der Waals surface area (Å²) in [6.45, 7) is 4.48. The van der Waals surface area contributed by atoms with Crippen LogP contribution in [0.3, 0.4) is 0 Å². The molecule has 1 aromatic heterocycles. The van der Waals surface area contributed by atoms with Crippen molar-refractivity contribution >= 4 is 11.3 Å². The minimum atomic E-state index is 0.389. The summed E-state index contributed by atoms with van der Waals surface area (Å²) in [6.07, 6.45) is 0. The highest BCUT2D eigenvalue weighted by molar-refractivity contribution is 7.12. The largest absolute Gasteiger partial charge is 0.452 e. The predicted molar refractivity (Wildman–Crippen MR) is 39.9 cm³/mol. The molecule has 2 nitrogen and oxygen atoms in total. The lowest BCUT2D eigenvalue weighted by Gasteiger charge is -1.91. The first-order valence-electron chi connectivity index (χ1n) is 3.14. The molecule has 10 heavy (non-hydrogen) atoms. The third-order valence-corrected chi connectivity index (χ3v) is 2.54. The van der Waals surface area contributed by atoms with E-state index >= 15 is 0 Å². The van der Waals surface area contributed by atoms with Gasteiger partial charge in [-0.1, -0.05) is 0 Å². The second-order valence-corrected chi connectivity index (χ2v) is 3.71. The van der Waals surface area contributed by atoms with Gasteiger partial charge in [0.15, 0.2) is 11.5 Å². The molecule has 0 aliphatic carbocycles. The minimum Gasteiger partial charge on any atom is -0.452 e. The molecule has 0 bridgehead atoms. The van der Waals surface area contributed by atoms with E-state index in [0.29, 0.717) is 6.79 Å². The van der Waals surface area contributed by atoms with Crippen LogP contribution in [0, 0.1) is 13.8 Å². The van der Waals surface area contributed by atoms with Crippen molar-refractivity contribution < 1.29 is 9.47 Å². The average molecular weight is 156 g/mol. The first kappa shape index (κ1) is 6.04. The summed E-state index contributed by atoms with van der Waals surface area (Å²) in [5.41, 5.74) is 0. The van der Waals surface area contributed by atoms with E-state index in [0.717, 1.165) is 11.5 Å². The normalized spacial score (nSPS) is 14.2. The maximum Gasteiger partial charge on any atom is 0.231 e. The van der Waals surface area contributed by atoms with Gasteiger partial charge in [-0.15, -0.1) is 11.3 Å². The fourth-order valence-corrected chi connectivity index (χ4v) is 2.07. The van der Waals surface area contributed by atoms with Crippen LogP contribution in [-0.4, -0.2) is 6.79 Å². The number of aryl methyl sites for hydroxylation is 2. The monoisotopic (exact) mass is 156 g/mol. The maximum atomic E-state index is 5.24. The highest BCUT2D eigenvalue weighted by atomic mass is 32.1. The number of ether oxygens (including phenoxy) is 2. The molecule has 1 aliphatic heterocycles. The van der Waals surface area contributed by atoms with E-state index in [1.54, 1.807) is 11.3 Å². The first-order chi connectivity index (χ1) is 4.79. The van der Waals surface area contributed by atoms with Gasteiger partial charge in [-0.2, -0.15) is 0 Å². The molecule has 0 unspecified atom stereocenters. The number of hydrogen-bond donors (Lipinski definition) is 0. The first-order valence-corrected chi connectivity index (χ1v) is 3.96. The highest BCUT2D eigenvalue weighted by Crippen LogP contribution is 2.43. The van der Waals surface area contributed by atoms with Crippen molar-refractivity contribution in [2.45, 2.75) is 13.8 Å². The second kappa shape index (κ2) is 1.89. The molecule has 0 N–H and O–H groups in total. The Morgan fingerprint density at radius 1 is 1.10 bits per heavy atom. The summed E-state index contributed by atoms with van der Waals surface area (Å²) in [6, 6.07) is 0. The van der Waals surface area contributed by atoms with Crippen molar-refractivity contribution in [3.63, 3.8) is 0 Å². The Balaban J connectivity index is 2.61. The molecule has 0 amide bonds. The van der Waals surface area contributed by atoms with Crippen LogP contribution in [0.5, 0.6) is 11.5 Å². The number of fused-ring (bicyclic) bond motifs is 1. The fraction of sp³-hybridized carbons (Fsp3) is 0.429. The van der Waals surface area contributed by atoms with Gasteiger partial charge >= 0.3 is 0 Å². The van der Waals surface area contributed by atoms with Crippen molar-refractivity contribution in [2.24, 2.45) is 0 Å². The molecule has 54 valence electrons. The molecule has 0 radical (unpaired) electrons. The van der Waals surface area contributed by atoms with E-state index in [1.165, 1.54) is 9.75 Å². The molecule has 0 atom stereocenters. The Morgan fingerprint density at radius 2 is 1.60 bits per heavy atom. The van der Waals surface area contributed by atoms with Crippen molar-refractivity contribution in [1.82, 2.24) is 0 Å². The quantitative estimate of drug-likeness (QED) is 0.572. The SMILES string of the molecule is Cc1sc(C)c2c1OCO2. The fourth-order valence-electron chi connectivity index (χ4n) is 1.12. The maximum absolute atomic E-state index is 5.24. The zero-order valence-corrected chi connectivity index (χ0v) is 6.75. The van der Waals surface area contributed by atoms with E-state index in [4.69, 9.17) is 9.47 Å². The predicted octanol–water partition coefficient (Wildman–Crippen LogP) is 2.09. The van der Waals surface area contributed by atoms with Crippen LogP contribution in [0.25, 0.3) is 0 Å². The minimum absolute atomic E-state index is 0.389. The van der Waals surface area contributed by atoms with Gasteiger partial charge in [-0.3, -0.25) is 0 Å². The highest BCUT2D eigenvalue weighted by Gasteiger charge is 2.20. The van der Waals surface area contributed by atoms with Crippen LogP contribution in [-0.2, 0) is 0 Å². The van der Waals surface area contributed by atoms with Crippen LogP contribution < -0.4 is 9.47 Å². The van der Waals surface area contributed by atoms with Gasteiger partial charge in [0.2, 0.25) is 6.79 Å². The van der Waals surface area contributed by atoms with Gasteiger partial charge in [0.1, 0.15) is 0 Å². The zero-order valence-electron chi connectivity index (χ0n) is 5.93. The third-order valence-electron chi connectivity index (χ3n) is 1.56. The Kier molecular flexibility index (Phi) is 1.14. The van der Waals surface area contributed by atoms with Crippen molar-refractivity contribution in [1.29, 1.82) is 0 Å². The van der Waals surface area contributed by atoms with Gasteiger partial charge in [-0.25, -0.2) is 0 Å². The molecule has 0 aromatic carbocycles. The summed E-state index contributed by atoms with van der Waals surface area (Å²) < 4.78 is 10.5. The Bertz CT molecular complexity index is 240. The Labute approximate surface area is 63.4 Å². The summed E-state index contributed by atoms with van der Waals surface area (Å²) in [5, 5.41) is 0. The van der Waals surface area contributed by atoms with Crippen molar-refractivity contribution in [3.8, 4) is 11.5 Å². The van der Waals surface area contributed by atoms with E-state index in [9.17, 15) is 0 Å². The number of hydrogen-bond acceptors (Lipinski definition) is 3. The van der Waals surface area contributed by atoms with Crippen molar-refractivity contribution in [2.75, 3.05) is 6.79 Å². The Morgan fingerprint density at radius 3 is 2.10 bits per heavy atom. The van der Waals surface area contributed by atoms with Crippen LogP contribution in [0.1, 0.15) is 9.75 Å². The molecule has 2 rings (SSSR count). The Hall–Kier alpha value is -0.700. The van der Waals surface area contributed by atoms with E-state index in [1.807, 2.05) is 13.8 Å². The molecular formula is C7H8O2S. The standard InChI is InChI=1S/C7H8O2S/c1-4-6-7(5(2)10-4)9-3-8-6/h3H2,1-2H3. The molecule has 0 fully saturated rings. The molecule has 3 heteroatoms. The molecule has 1 aliphatic rings. The van der Waals surface area contributed by atoms with Gasteiger partial charge < -0.3 is 9.47 Å². The summed E-state index contributed by atoms with van der Waals surface area (Å²) in [4.78, 5) is 2.43. The van der Waals surface area contributed by atoms with Gasteiger partial charge in [0, 0.05) is 9.75 Å². The zero-order chi connectivity index (χ0) is 7.14. The summed E-state index contributed by atoms with van der Waals surface area (Å²) in [7, 11) is 0. The molecule has 1 aromatic rings. The summed E-state index contributed by atoms with van der Waals surface area (Å²) >= 11 is 1.72. The van der Waals surface area contributed by atoms with E-state index < -0.39 is 0 Å². The van der Waals surface area contributed by atoms with Crippen LogP contribution in [0.15, 0.2) is 0 Å². The lowest BCUT2D eigenvalue weighted by molar-refractivity contribution is 0.173. The van der Waals surface area contributed by atoms with E-state index in [-0.39, 0.29) is 0 Å². The van der Waals surface area contributed by atoms with Crippen LogP contribution in [0.2, 0.25) is 0 Å². The third kappa shape index (κ3) is 0.639. The van der Waals surface area contributed by atoms with Crippen molar-refractivity contribution in [3.05, 3.63) is 9.75 Å². The van der Waals surface area contributed by atoms with E-state index in [2.05, 4.69) is 0 Å². The second-order valence-electron chi connectivity index (χ2n) is 2.28. The molecular weight excluding hydrogens is 148 g/mol. The topological polar surface area (TPSA) is 18.5 Å². The van der Waals surface area contributed by atoms with Gasteiger partial charge in [-0.05, 0) is 13.8 Å². The lowest BCUT2D eigenvalue weighted by Crippen LogP contribution is -1.94. The lowest BCUT2D eigenvalue weighted by atomic mass is 10.4. The molecule has 0 saturated carbocycles. The van der Waals surface area contributed by atoms with Crippen LogP contribution in [0.4, 0.5) is 0 Å². The summed E-state index contributed by atoms with van der Waals surface area (Å²) in [5.74, 6) is 1.89. The number of rotatable bonds is 0. The molecule has 0 saturated heterocycles. The number of thiophene rings is 1. The van der Waals surface area contributed by atoms with Gasteiger partial charge in [0.25, 0.3) is 0 Å². The smallest absolute Gasteiger partial charge is 0.231 e. The average Bonchev–Trinajstić information content (AvgIpc) is 2.39. The molecule has 0 spiro atoms. The molecule has 2 heterocycles. The van der Waals surface area contributed by atoms with Gasteiger partial charge in [0.05, 0.1) is 0 Å².